The van der Waals surface area contributed by atoms with Gasteiger partial charge in [0.05, 0.1) is 5.75 Å². The predicted octanol–water partition coefficient (Wildman–Crippen LogP) is 1.26. The van der Waals surface area contributed by atoms with Gasteiger partial charge in [0.25, 0.3) is 0 Å². The molecule has 22 heavy (non-hydrogen) atoms. The Kier molecular flexibility index (Phi) is 10.1. The fraction of sp³-hybridized carbons (Fsp3) is 0.533. The van der Waals surface area contributed by atoms with Crippen molar-refractivity contribution >= 4 is 28.2 Å². The molecular formula is C15H25ClN2O3S. The van der Waals surface area contributed by atoms with Crippen LogP contribution in [0.3, 0.4) is 0 Å². The van der Waals surface area contributed by atoms with Gasteiger partial charge in [0.2, 0.25) is 5.91 Å². The summed E-state index contributed by atoms with van der Waals surface area (Å²) in [5.41, 5.74) is 6.63. The summed E-state index contributed by atoms with van der Waals surface area (Å²) in [5.74, 6) is -0.728. The van der Waals surface area contributed by atoms with Crippen molar-refractivity contribution in [2.45, 2.75) is 19.8 Å². The first kappa shape index (κ1) is 20.9. The van der Waals surface area contributed by atoms with Crippen molar-refractivity contribution < 1.29 is 13.2 Å². The second-order valence-electron chi connectivity index (χ2n) is 5.00. The van der Waals surface area contributed by atoms with Crippen LogP contribution in [0.4, 0.5) is 0 Å². The molecule has 1 amide bonds. The Balaban J connectivity index is 0.00000441. The average molecular weight is 349 g/mol. The summed E-state index contributed by atoms with van der Waals surface area (Å²) in [6.07, 6.45) is 1.22. The van der Waals surface area contributed by atoms with Crippen LogP contribution in [0.5, 0.6) is 0 Å². The van der Waals surface area contributed by atoms with Gasteiger partial charge in [0.15, 0.2) is 9.84 Å². The number of nitrogens with two attached hydrogens (primary N) is 1. The molecule has 0 heterocycles. The van der Waals surface area contributed by atoms with E-state index in [1.54, 1.807) is 11.8 Å². The number of amides is 1. The number of hydrogen-bond donors (Lipinski definition) is 1. The number of hydrogen-bond acceptors (Lipinski definition) is 4. The summed E-state index contributed by atoms with van der Waals surface area (Å²) >= 11 is 0. The van der Waals surface area contributed by atoms with Gasteiger partial charge in [-0.15, -0.1) is 12.4 Å². The Labute approximate surface area is 139 Å². The topological polar surface area (TPSA) is 80.5 Å². The number of nitrogens with zero attached hydrogens (tertiary/aromatic N) is 1. The van der Waals surface area contributed by atoms with Crippen molar-refractivity contribution in [1.82, 2.24) is 4.90 Å². The summed E-state index contributed by atoms with van der Waals surface area (Å²) in [6.45, 7) is 2.98. The molecule has 0 saturated carbocycles. The first-order chi connectivity index (χ1) is 9.98. The highest BCUT2D eigenvalue weighted by atomic mass is 35.5. The third kappa shape index (κ3) is 7.77. The van der Waals surface area contributed by atoms with Crippen molar-refractivity contribution in [2.24, 2.45) is 5.73 Å². The number of sulfone groups is 1. The van der Waals surface area contributed by atoms with Crippen LogP contribution in [0, 0.1) is 0 Å². The Morgan fingerprint density at radius 3 is 2.36 bits per heavy atom. The van der Waals surface area contributed by atoms with Crippen LogP contribution >= 0.6 is 12.4 Å². The van der Waals surface area contributed by atoms with E-state index in [0.29, 0.717) is 32.5 Å². The smallest absolute Gasteiger partial charge is 0.237 e. The third-order valence-electron chi connectivity index (χ3n) is 3.12. The number of halogens is 1. The first-order valence-electron chi connectivity index (χ1n) is 7.20. The van der Waals surface area contributed by atoms with E-state index in [-0.39, 0.29) is 24.1 Å². The second kappa shape index (κ2) is 10.6. The maximum atomic E-state index is 12.1. The monoisotopic (exact) mass is 348 g/mol. The lowest BCUT2D eigenvalue weighted by molar-refractivity contribution is -0.128. The fourth-order valence-electron chi connectivity index (χ4n) is 2.09. The molecule has 0 radical (unpaired) electrons. The van der Waals surface area contributed by atoms with Crippen molar-refractivity contribution in [3.63, 3.8) is 0 Å². The Morgan fingerprint density at radius 2 is 1.82 bits per heavy atom. The van der Waals surface area contributed by atoms with E-state index >= 15 is 0 Å². The zero-order valence-corrected chi connectivity index (χ0v) is 14.5. The molecule has 126 valence electrons. The van der Waals surface area contributed by atoms with E-state index in [0.717, 1.165) is 5.56 Å². The van der Waals surface area contributed by atoms with Gasteiger partial charge in [-0.25, -0.2) is 8.42 Å². The zero-order valence-electron chi connectivity index (χ0n) is 12.9. The van der Waals surface area contributed by atoms with Gasteiger partial charge < -0.3 is 10.6 Å². The molecule has 0 spiro atoms. The van der Waals surface area contributed by atoms with Crippen molar-refractivity contribution in [3.05, 3.63) is 35.9 Å². The molecule has 0 aliphatic carbocycles. The van der Waals surface area contributed by atoms with Gasteiger partial charge in [-0.2, -0.15) is 0 Å². The number of carbonyl (C=O) groups is 1. The van der Waals surface area contributed by atoms with Crippen LogP contribution in [-0.4, -0.2) is 50.4 Å². The van der Waals surface area contributed by atoms with E-state index in [9.17, 15) is 13.2 Å². The maximum Gasteiger partial charge on any atom is 0.237 e. The largest absolute Gasteiger partial charge is 0.340 e. The van der Waals surface area contributed by atoms with E-state index in [1.165, 1.54) is 0 Å². The fourth-order valence-corrected chi connectivity index (χ4v) is 3.41. The normalized spacial score (nSPS) is 10.8. The lowest BCUT2D eigenvalue weighted by Crippen LogP contribution is -2.40. The van der Waals surface area contributed by atoms with Crippen LogP contribution in [-0.2, 0) is 21.1 Å². The Morgan fingerprint density at radius 1 is 1.18 bits per heavy atom. The molecule has 0 aliphatic heterocycles. The summed E-state index contributed by atoms with van der Waals surface area (Å²) in [4.78, 5) is 13.7. The van der Waals surface area contributed by atoms with Gasteiger partial charge in [-0.05, 0) is 18.4 Å². The van der Waals surface area contributed by atoms with E-state index in [2.05, 4.69) is 0 Å². The quantitative estimate of drug-likeness (QED) is 0.728. The molecule has 1 aromatic rings. The lowest BCUT2D eigenvalue weighted by atomic mass is 10.1. The standard InChI is InChI=1S/C15H24N2O3S.ClH/c1-2-12-21(19,20)13-15(18)17(11-9-16)10-8-14-6-4-3-5-7-14;/h3-7H,2,8-13,16H2,1H3;1H. The summed E-state index contributed by atoms with van der Waals surface area (Å²) in [6, 6.07) is 9.79. The molecule has 2 N–H and O–H groups in total. The average Bonchev–Trinajstić information content (AvgIpc) is 2.43. The number of benzene rings is 1. The molecule has 0 unspecified atom stereocenters. The van der Waals surface area contributed by atoms with Crippen molar-refractivity contribution in [2.75, 3.05) is 31.1 Å². The highest BCUT2D eigenvalue weighted by molar-refractivity contribution is 7.92. The van der Waals surface area contributed by atoms with Gasteiger partial charge in [0, 0.05) is 19.6 Å². The molecule has 1 rings (SSSR count). The predicted molar refractivity (Wildman–Crippen MR) is 92.0 cm³/mol. The molecule has 0 bridgehead atoms. The van der Waals surface area contributed by atoms with Crippen LogP contribution in [0.25, 0.3) is 0 Å². The molecule has 1 aromatic carbocycles. The molecular weight excluding hydrogens is 324 g/mol. The summed E-state index contributed by atoms with van der Waals surface area (Å²) < 4.78 is 23.5. The molecule has 0 saturated heterocycles. The van der Waals surface area contributed by atoms with Crippen molar-refractivity contribution in [1.29, 1.82) is 0 Å². The lowest BCUT2D eigenvalue weighted by Gasteiger charge is -2.22. The van der Waals surface area contributed by atoms with Gasteiger partial charge in [-0.3, -0.25) is 4.79 Å². The Hall–Kier alpha value is -1.11. The molecule has 7 heteroatoms. The Bertz CT molecular complexity index is 535. The molecule has 0 aliphatic rings. The minimum atomic E-state index is -3.31. The molecule has 5 nitrogen and oxygen atoms in total. The molecule has 0 fully saturated rings. The minimum absolute atomic E-state index is 0. The maximum absolute atomic E-state index is 12.1. The number of carbonyl (C=O) groups excluding carboxylic acids is 1. The van der Waals surface area contributed by atoms with Gasteiger partial charge in [0.1, 0.15) is 5.75 Å². The van der Waals surface area contributed by atoms with E-state index in [1.807, 2.05) is 30.3 Å². The second-order valence-corrected chi connectivity index (χ2v) is 7.18. The first-order valence-corrected chi connectivity index (χ1v) is 9.03. The van der Waals surface area contributed by atoms with Crippen LogP contribution in [0.15, 0.2) is 30.3 Å². The molecule has 0 atom stereocenters. The minimum Gasteiger partial charge on any atom is -0.340 e. The van der Waals surface area contributed by atoms with E-state index in [4.69, 9.17) is 5.73 Å². The third-order valence-corrected chi connectivity index (χ3v) is 4.84. The van der Waals surface area contributed by atoms with E-state index < -0.39 is 15.6 Å². The highest BCUT2D eigenvalue weighted by Gasteiger charge is 2.20. The zero-order chi connectivity index (χ0) is 15.7. The van der Waals surface area contributed by atoms with Gasteiger partial charge in [-0.1, -0.05) is 37.3 Å². The van der Waals surface area contributed by atoms with Crippen LogP contribution in [0.2, 0.25) is 0 Å². The summed E-state index contributed by atoms with van der Waals surface area (Å²) in [5, 5.41) is 0. The van der Waals surface area contributed by atoms with Gasteiger partial charge >= 0.3 is 0 Å². The molecule has 0 aromatic heterocycles. The van der Waals surface area contributed by atoms with Crippen LogP contribution in [0.1, 0.15) is 18.9 Å². The summed E-state index contributed by atoms with van der Waals surface area (Å²) in [7, 11) is -3.31. The van der Waals surface area contributed by atoms with Crippen molar-refractivity contribution in [3.8, 4) is 0 Å². The highest BCUT2D eigenvalue weighted by Crippen LogP contribution is 2.03. The SMILES string of the molecule is CCCS(=O)(=O)CC(=O)N(CCN)CCc1ccccc1.Cl. The van der Waals surface area contributed by atoms with Crippen LogP contribution < -0.4 is 5.73 Å². The number of rotatable bonds is 9.